The van der Waals surface area contributed by atoms with Crippen molar-refractivity contribution in [2.45, 2.75) is 45.6 Å². The third kappa shape index (κ3) is 3.12. The van der Waals surface area contributed by atoms with Crippen LogP contribution in [0.4, 0.5) is 11.4 Å². The average molecular weight is 280 g/mol. The molecule has 0 fully saturated rings. The molecule has 0 saturated heterocycles. The Kier molecular flexibility index (Phi) is 4.65. The van der Waals surface area contributed by atoms with Gasteiger partial charge in [0.15, 0.2) is 11.5 Å². The maximum Gasteiger partial charge on any atom is 0.296 e. The van der Waals surface area contributed by atoms with E-state index in [-0.39, 0.29) is 23.4 Å². The molecule has 0 saturated carbocycles. The fraction of sp³-hybridized carbons (Fsp3) is 0.571. The van der Waals surface area contributed by atoms with Crippen LogP contribution in [0.2, 0.25) is 0 Å². The molecule has 0 radical (unpaired) electrons. The summed E-state index contributed by atoms with van der Waals surface area (Å²) in [5, 5.41) is 14.5. The SMILES string of the molecule is CCCC(CCC)Nc1cc2c(cc1[N+](=O)[O-])OCO2. The van der Waals surface area contributed by atoms with E-state index in [1.807, 2.05) is 0 Å². The minimum Gasteiger partial charge on any atom is -0.454 e. The highest BCUT2D eigenvalue weighted by Gasteiger charge is 2.24. The molecule has 0 spiro atoms. The number of anilines is 1. The van der Waals surface area contributed by atoms with Crippen LogP contribution in [0.25, 0.3) is 0 Å². The Morgan fingerprint density at radius 2 is 1.85 bits per heavy atom. The van der Waals surface area contributed by atoms with E-state index in [0.717, 1.165) is 25.7 Å². The second-order valence-corrected chi connectivity index (χ2v) is 4.90. The molecule has 0 bridgehead atoms. The Balaban J connectivity index is 2.26. The molecule has 0 unspecified atom stereocenters. The van der Waals surface area contributed by atoms with Crippen molar-refractivity contribution in [2.24, 2.45) is 0 Å². The normalized spacial score (nSPS) is 12.8. The van der Waals surface area contributed by atoms with Gasteiger partial charge in [-0.2, -0.15) is 0 Å². The van der Waals surface area contributed by atoms with Gasteiger partial charge in [0.2, 0.25) is 6.79 Å². The van der Waals surface area contributed by atoms with Gasteiger partial charge in [-0.1, -0.05) is 26.7 Å². The van der Waals surface area contributed by atoms with Crippen molar-refractivity contribution < 1.29 is 14.4 Å². The topological polar surface area (TPSA) is 73.6 Å². The first-order chi connectivity index (χ1) is 9.65. The lowest BCUT2D eigenvalue weighted by Crippen LogP contribution is -2.19. The highest BCUT2D eigenvalue weighted by atomic mass is 16.7. The molecule has 20 heavy (non-hydrogen) atoms. The highest BCUT2D eigenvalue weighted by Crippen LogP contribution is 2.41. The van der Waals surface area contributed by atoms with Crippen LogP contribution < -0.4 is 14.8 Å². The zero-order valence-corrected chi connectivity index (χ0v) is 11.8. The minimum absolute atomic E-state index is 0.0338. The number of fused-ring (bicyclic) bond motifs is 1. The molecular formula is C14H20N2O4. The molecular weight excluding hydrogens is 260 g/mol. The summed E-state index contributed by atoms with van der Waals surface area (Å²) in [7, 11) is 0. The number of rotatable bonds is 7. The number of nitrogens with one attached hydrogen (secondary N) is 1. The van der Waals surface area contributed by atoms with Gasteiger partial charge >= 0.3 is 0 Å². The number of hydrogen-bond acceptors (Lipinski definition) is 5. The first kappa shape index (κ1) is 14.4. The summed E-state index contributed by atoms with van der Waals surface area (Å²) in [6, 6.07) is 3.34. The third-order valence-electron chi connectivity index (χ3n) is 3.32. The molecule has 0 aliphatic carbocycles. The highest BCUT2D eigenvalue weighted by molar-refractivity contribution is 5.69. The number of nitro groups is 1. The zero-order valence-electron chi connectivity index (χ0n) is 11.8. The predicted octanol–water partition coefficient (Wildman–Crippen LogP) is 3.70. The summed E-state index contributed by atoms with van der Waals surface area (Å²) in [4.78, 5) is 10.8. The quantitative estimate of drug-likeness (QED) is 0.609. The fourth-order valence-corrected chi connectivity index (χ4v) is 2.40. The van der Waals surface area contributed by atoms with Crippen molar-refractivity contribution in [1.29, 1.82) is 0 Å². The lowest BCUT2D eigenvalue weighted by Gasteiger charge is -2.18. The zero-order chi connectivity index (χ0) is 14.5. The van der Waals surface area contributed by atoms with E-state index in [9.17, 15) is 10.1 Å². The standard InChI is InChI=1S/C14H20N2O4/c1-3-5-10(6-4-2)15-11-7-13-14(20-9-19-13)8-12(11)16(17)18/h7-8,10,15H,3-6,9H2,1-2H3. The fourth-order valence-electron chi connectivity index (χ4n) is 2.40. The summed E-state index contributed by atoms with van der Waals surface area (Å²) in [5.41, 5.74) is 0.539. The van der Waals surface area contributed by atoms with Crippen LogP contribution in [0.5, 0.6) is 11.5 Å². The number of nitrogens with zero attached hydrogens (tertiary/aromatic N) is 1. The second kappa shape index (κ2) is 6.45. The van der Waals surface area contributed by atoms with Crippen LogP contribution >= 0.6 is 0 Å². The first-order valence-electron chi connectivity index (χ1n) is 7.00. The van der Waals surface area contributed by atoms with Gasteiger partial charge in [-0.05, 0) is 12.8 Å². The van der Waals surface area contributed by atoms with Crippen molar-refractivity contribution in [3.63, 3.8) is 0 Å². The summed E-state index contributed by atoms with van der Waals surface area (Å²) in [5.74, 6) is 0.995. The maximum atomic E-state index is 11.2. The number of benzene rings is 1. The van der Waals surface area contributed by atoms with Gasteiger partial charge in [-0.3, -0.25) is 10.1 Å². The Labute approximate surface area is 118 Å². The van der Waals surface area contributed by atoms with Crippen LogP contribution in [0, 0.1) is 10.1 Å². The molecule has 1 heterocycles. The van der Waals surface area contributed by atoms with E-state index in [1.165, 1.54) is 6.07 Å². The minimum atomic E-state index is -0.390. The number of nitro benzene ring substituents is 1. The van der Waals surface area contributed by atoms with Gasteiger partial charge in [0, 0.05) is 12.1 Å². The molecule has 0 amide bonds. The lowest BCUT2D eigenvalue weighted by atomic mass is 10.1. The molecule has 110 valence electrons. The molecule has 1 aromatic carbocycles. The summed E-state index contributed by atoms with van der Waals surface area (Å²) in [6.07, 6.45) is 4.05. The van der Waals surface area contributed by atoms with E-state index < -0.39 is 0 Å². The predicted molar refractivity (Wildman–Crippen MR) is 76.4 cm³/mol. The molecule has 2 rings (SSSR count). The summed E-state index contributed by atoms with van der Waals surface area (Å²) in [6.45, 7) is 4.33. The van der Waals surface area contributed by atoms with Gasteiger partial charge in [0.25, 0.3) is 5.69 Å². The van der Waals surface area contributed by atoms with E-state index in [2.05, 4.69) is 19.2 Å². The van der Waals surface area contributed by atoms with E-state index in [0.29, 0.717) is 17.2 Å². The van der Waals surface area contributed by atoms with Gasteiger partial charge < -0.3 is 14.8 Å². The van der Waals surface area contributed by atoms with E-state index in [4.69, 9.17) is 9.47 Å². The molecule has 1 aliphatic heterocycles. The van der Waals surface area contributed by atoms with Gasteiger partial charge in [0.05, 0.1) is 11.0 Å². The monoisotopic (exact) mass is 280 g/mol. The Bertz CT molecular complexity index is 484. The maximum absolute atomic E-state index is 11.2. The third-order valence-corrected chi connectivity index (χ3v) is 3.32. The van der Waals surface area contributed by atoms with Crippen LogP contribution in [-0.2, 0) is 0 Å². The lowest BCUT2D eigenvalue weighted by molar-refractivity contribution is -0.384. The van der Waals surface area contributed by atoms with Crippen LogP contribution in [0.3, 0.4) is 0 Å². The van der Waals surface area contributed by atoms with E-state index in [1.54, 1.807) is 6.07 Å². The molecule has 6 heteroatoms. The first-order valence-corrected chi connectivity index (χ1v) is 7.00. The van der Waals surface area contributed by atoms with Crippen molar-refractivity contribution in [3.05, 3.63) is 22.2 Å². The van der Waals surface area contributed by atoms with Crippen molar-refractivity contribution in [2.75, 3.05) is 12.1 Å². The van der Waals surface area contributed by atoms with Crippen molar-refractivity contribution in [3.8, 4) is 11.5 Å². The van der Waals surface area contributed by atoms with E-state index >= 15 is 0 Å². The molecule has 1 aromatic rings. The smallest absolute Gasteiger partial charge is 0.296 e. The molecule has 0 aromatic heterocycles. The van der Waals surface area contributed by atoms with Gasteiger partial charge in [-0.15, -0.1) is 0 Å². The molecule has 0 atom stereocenters. The van der Waals surface area contributed by atoms with Crippen LogP contribution in [-0.4, -0.2) is 17.8 Å². The van der Waals surface area contributed by atoms with Crippen LogP contribution in [0.15, 0.2) is 12.1 Å². The summed E-state index contributed by atoms with van der Waals surface area (Å²) >= 11 is 0. The van der Waals surface area contributed by atoms with Gasteiger partial charge in [-0.25, -0.2) is 0 Å². The number of ether oxygens (including phenoxy) is 2. The second-order valence-electron chi connectivity index (χ2n) is 4.90. The molecule has 1 N–H and O–H groups in total. The number of hydrogen-bond donors (Lipinski definition) is 1. The Morgan fingerprint density at radius 1 is 1.25 bits per heavy atom. The van der Waals surface area contributed by atoms with Crippen molar-refractivity contribution >= 4 is 11.4 Å². The van der Waals surface area contributed by atoms with Gasteiger partial charge in [0.1, 0.15) is 5.69 Å². The molecule has 6 nitrogen and oxygen atoms in total. The largest absolute Gasteiger partial charge is 0.454 e. The average Bonchev–Trinajstić information content (AvgIpc) is 2.85. The summed E-state index contributed by atoms with van der Waals surface area (Å²) < 4.78 is 10.5. The Morgan fingerprint density at radius 3 is 2.40 bits per heavy atom. The molecule has 1 aliphatic rings. The van der Waals surface area contributed by atoms with Crippen LogP contribution in [0.1, 0.15) is 39.5 Å². The van der Waals surface area contributed by atoms with Crippen molar-refractivity contribution in [1.82, 2.24) is 0 Å². The Hall–Kier alpha value is -1.98.